The molecule has 1 amide bonds. The number of aromatic nitrogens is 1. The van der Waals surface area contributed by atoms with Crippen LogP contribution < -0.4 is 15.5 Å². The fourth-order valence-corrected chi connectivity index (χ4v) is 4.29. The highest BCUT2D eigenvalue weighted by atomic mass is 32.1. The minimum absolute atomic E-state index is 0.223. The molecule has 2 aliphatic rings. The van der Waals surface area contributed by atoms with Gasteiger partial charge in [-0.05, 0) is 32.2 Å². The maximum atomic E-state index is 11.5. The number of anilines is 1. The van der Waals surface area contributed by atoms with Gasteiger partial charge in [0.2, 0.25) is 5.91 Å². The van der Waals surface area contributed by atoms with Crippen LogP contribution in [0.25, 0.3) is 0 Å². The molecule has 0 spiro atoms. The first-order chi connectivity index (χ1) is 10.2. The Morgan fingerprint density at radius 3 is 3.24 bits per heavy atom. The Hall–Kier alpha value is -1.14. The van der Waals surface area contributed by atoms with Gasteiger partial charge in [-0.15, -0.1) is 11.3 Å². The average molecular weight is 308 g/mol. The van der Waals surface area contributed by atoms with Crippen LogP contribution in [0.4, 0.5) is 5.13 Å². The van der Waals surface area contributed by atoms with Gasteiger partial charge in [-0.3, -0.25) is 4.79 Å². The minimum Gasteiger partial charge on any atom is -0.353 e. The Labute approximate surface area is 130 Å². The average Bonchev–Trinajstić information content (AvgIpc) is 2.97. The fourth-order valence-electron chi connectivity index (χ4n) is 3.31. The molecule has 0 saturated carbocycles. The molecule has 2 saturated heterocycles. The zero-order chi connectivity index (χ0) is 14.8. The largest absolute Gasteiger partial charge is 0.353 e. The first-order valence-electron chi connectivity index (χ1n) is 7.90. The first kappa shape index (κ1) is 14.8. The molecule has 0 bridgehead atoms. The van der Waals surface area contributed by atoms with Crippen molar-refractivity contribution in [1.82, 2.24) is 15.6 Å². The molecule has 2 N–H and O–H groups in total. The molecule has 116 valence electrons. The van der Waals surface area contributed by atoms with E-state index in [0.717, 1.165) is 37.6 Å². The lowest BCUT2D eigenvalue weighted by atomic mass is 9.85. The normalized spacial score (nSPS) is 27.1. The monoisotopic (exact) mass is 308 g/mol. The van der Waals surface area contributed by atoms with Gasteiger partial charge < -0.3 is 15.5 Å². The van der Waals surface area contributed by atoms with Crippen LogP contribution in [0.2, 0.25) is 0 Å². The molecule has 3 heterocycles. The highest BCUT2D eigenvalue weighted by Gasteiger charge is 2.34. The number of fused-ring (bicyclic) bond motifs is 1. The lowest BCUT2D eigenvalue weighted by molar-refractivity contribution is -0.124. The van der Waals surface area contributed by atoms with Crippen molar-refractivity contribution in [1.29, 1.82) is 0 Å². The molecule has 0 radical (unpaired) electrons. The topological polar surface area (TPSA) is 57.3 Å². The molecule has 3 atom stereocenters. The lowest BCUT2D eigenvalue weighted by Gasteiger charge is -2.41. The number of nitrogens with one attached hydrogen (secondary N) is 2. The van der Waals surface area contributed by atoms with E-state index in [-0.39, 0.29) is 5.91 Å². The molecule has 0 aromatic carbocycles. The van der Waals surface area contributed by atoms with Gasteiger partial charge in [0.05, 0.1) is 0 Å². The number of hydrogen-bond acceptors (Lipinski definition) is 5. The summed E-state index contributed by atoms with van der Waals surface area (Å²) in [6.45, 7) is 7.29. The van der Waals surface area contributed by atoms with E-state index in [4.69, 9.17) is 0 Å². The van der Waals surface area contributed by atoms with Crippen LogP contribution in [-0.2, 0) is 4.79 Å². The van der Waals surface area contributed by atoms with E-state index < -0.39 is 0 Å². The van der Waals surface area contributed by atoms with Gasteiger partial charge in [-0.2, -0.15) is 0 Å². The SMILES string of the molecule is CCNC(C)c1cnc(N2CCC3NC(=O)CCC3C2)s1. The smallest absolute Gasteiger partial charge is 0.220 e. The van der Waals surface area contributed by atoms with Crippen molar-refractivity contribution < 1.29 is 4.79 Å². The van der Waals surface area contributed by atoms with E-state index in [0.29, 0.717) is 24.4 Å². The third kappa shape index (κ3) is 3.21. The van der Waals surface area contributed by atoms with Crippen LogP contribution in [-0.4, -0.2) is 36.6 Å². The number of carbonyl (C=O) groups excluding carboxylic acids is 1. The van der Waals surface area contributed by atoms with Gasteiger partial charge in [-0.1, -0.05) is 6.92 Å². The molecule has 1 aromatic rings. The lowest BCUT2D eigenvalue weighted by Crippen LogP contribution is -2.54. The van der Waals surface area contributed by atoms with Crippen molar-refractivity contribution in [3.63, 3.8) is 0 Å². The van der Waals surface area contributed by atoms with E-state index in [1.54, 1.807) is 11.3 Å². The summed E-state index contributed by atoms with van der Waals surface area (Å²) in [5.74, 6) is 0.802. The fraction of sp³-hybridized carbons (Fsp3) is 0.733. The second kappa shape index (κ2) is 6.32. The van der Waals surface area contributed by atoms with Gasteiger partial charge >= 0.3 is 0 Å². The Kier molecular flexibility index (Phi) is 4.45. The molecule has 1 aromatic heterocycles. The van der Waals surface area contributed by atoms with Crippen LogP contribution in [0.3, 0.4) is 0 Å². The van der Waals surface area contributed by atoms with Crippen molar-refractivity contribution in [3.8, 4) is 0 Å². The summed E-state index contributed by atoms with van der Waals surface area (Å²) >= 11 is 1.79. The standard InChI is InChI=1S/C15H24N4OS/c1-3-16-10(2)13-8-17-15(21-13)19-7-6-12-11(9-19)4-5-14(20)18-12/h8,10-12,16H,3-7,9H2,1-2H3,(H,18,20). The first-order valence-corrected chi connectivity index (χ1v) is 8.72. The van der Waals surface area contributed by atoms with Gasteiger partial charge in [0.1, 0.15) is 0 Å². The van der Waals surface area contributed by atoms with Crippen LogP contribution in [0, 0.1) is 5.92 Å². The quantitative estimate of drug-likeness (QED) is 0.892. The van der Waals surface area contributed by atoms with Crippen molar-refractivity contribution in [2.75, 3.05) is 24.5 Å². The minimum atomic E-state index is 0.223. The molecule has 2 aliphatic heterocycles. The Morgan fingerprint density at radius 1 is 1.57 bits per heavy atom. The molecule has 5 nitrogen and oxygen atoms in total. The van der Waals surface area contributed by atoms with E-state index >= 15 is 0 Å². The molecule has 3 unspecified atom stereocenters. The summed E-state index contributed by atoms with van der Waals surface area (Å²) < 4.78 is 0. The van der Waals surface area contributed by atoms with Crippen LogP contribution in [0.5, 0.6) is 0 Å². The number of piperidine rings is 2. The number of carbonyl (C=O) groups is 1. The summed E-state index contributed by atoms with van der Waals surface area (Å²) in [6.07, 6.45) is 4.73. The van der Waals surface area contributed by atoms with Crippen LogP contribution in [0.15, 0.2) is 6.20 Å². The molecule has 2 fully saturated rings. The Balaban J connectivity index is 1.64. The Morgan fingerprint density at radius 2 is 2.43 bits per heavy atom. The van der Waals surface area contributed by atoms with Gasteiger partial charge in [0.25, 0.3) is 0 Å². The molecule has 0 aliphatic carbocycles. The number of rotatable bonds is 4. The van der Waals surface area contributed by atoms with Crippen LogP contribution in [0.1, 0.15) is 44.0 Å². The summed E-state index contributed by atoms with van der Waals surface area (Å²) in [5.41, 5.74) is 0. The second-order valence-corrected chi connectivity index (χ2v) is 7.07. The van der Waals surface area contributed by atoms with Gasteiger partial charge in [0.15, 0.2) is 5.13 Å². The molecule has 6 heteroatoms. The predicted octanol–water partition coefficient (Wildman–Crippen LogP) is 1.92. The molecule has 3 rings (SSSR count). The van der Waals surface area contributed by atoms with Crippen LogP contribution >= 0.6 is 11.3 Å². The van der Waals surface area contributed by atoms with Crippen molar-refractivity contribution in [2.45, 2.75) is 45.2 Å². The number of amides is 1. The second-order valence-electron chi connectivity index (χ2n) is 6.03. The third-order valence-electron chi connectivity index (χ3n) is 4.54. The number of nitrogens with zero attached hydrogens (tertiary/aromatic N) is 2. The Bertz CT molecular complexity index is 504. The zero-order valence-electron chi connectivity index (χ0n) is 12.8. The van der Waals surface area contributed by atoms with E-state index in [2.05, 4.69) is 34.4 Å². The molecular formula is C15H24N4OS. The highest BCUT2D eigenvalue weighted by Crippen LogP contribution is 2.32. The maximum absolute atomic E-state index is 11.5. The van der Waals surface area contributed by atoms with Crippen molar-refractivity contribution in [3.05, 3.63) is 11.1 Å². The molecule has 21 heavy (non-hydrogen) atoms. The predicted molar refractivity (Wildman–Crippen MR) is 85.7 cm³/mol. The number of hydrogen-bond donors (Lipinski definition) is 2. The maximum Gasteiger partial charge on any atom is 0.220 e. The zero-order valence-corrected chi connectivity index (χ0v) is 13.6. The number of thiazole rings is 1. The van der Waals surface area contributed by atoms with E-state index in [1.165, 1.54) is 4.88 Å². The summed E-state index contributed by atoms with van der Waals surface area (Å²) in [5, 5.41) is 7.70. The molecular weight excluding hydrogens is 284 g/mol. The van der Waals surface area contributed by atoms with Gasteiger partial charge in [-0.25, -0.2) is 4.98 Å². The summed E-state index contributed by atoms with van der Waals surface area (Å²) in [4.78, 5) is 19.8. The van der Waals surface area contributed by atoms with E-state index in [9.17, 15) is 4.79 Å². The van der Waals surface area contributed by atoms with Gasteiger partial charge in [0, 0.05) is 42.7 Å². The third-order valence-corrected chi connectivity index (χ3v) is 5.78. The summed E-state index contributed by atoms with van der Waals surface area (Å²) in [6, 6.07) is 0.746. The van der Waals surface area contributed by atoms with E-state index in [1.807, 2.05) is 6.20 Å². The van der Waals surface area contributed by atoms with Crippen molar-refractivity contribution in [2.24, 2.45) is 5.92 Å². The summed E-state index contributed by atoms with van der Waals surface area (Å²) in [7, 11) is 0. The highest BCUT2D eigenvalue weighted by molar-refractivity contribution is 7.15. The van der Waals surface area contributed by atoms with Crippen molar-refractivity contribution >= 4 is 22.4 Å².